The lowest BCUT2D eigenvalue weighted by Gasteiger charge is -2.34. The van der Waals surface area contributed by atoms with Crippen molar-refractivity contribution in [1.29, 1.82) is 0 Å². The third kappa shape index (κ3) is 4.65. The molecule has 3 rings (SSSR count). The van der Waals surface area contributed by atoms with E-state index in [0.717, 1.165) is 6.42 Å². The number of nitrogens with one attached hydrogen (secondary N) is 1. The molecule has 2 heterocycles. The van der Waals surface area contributed by atoms with E-state index < -0.39 is 20.0 Å². The Morgan fingerprint density at radius 2 is 1.66 bits per heavy atom. The molecular weight excluding hydrogens is 412 g/mol. The Labute approximate surface area is 173 Å². The molecule has 1 N–H and O–H groups in total. The Bertz CT molecular complexity index is 1070. The van der Waals surface area contributed by atoms with Gasteiger partial charge in [0.1, 0.15) is 4.90 Å². The van der Waals surface area contributed by atoms with Crippen molar-refractivity contribution in [2.24, 2.45) is 11.8 Å². The van der Waals surface area contributed by atoms with Crippen LogP contribution in [0.3, 0.4) is 0 Å². The summed E-state index contributed by atoms with van der Waals surface area (Å²) in [5.74, 6) is 0.624. The maximum atomic E-state index is 13.0. The fourth-order valence-electron chi connectivity index (χ4n) is 3.78. The van der Waals surface area contributed by atoms with E-state index in [0.29, 0.717) is 42.9 Å². The van der Waals surface area contributed by atoms with Gasteiger partial charge in [-0.15, -0.1) is 0 Å². The normalized spacial score (nSPS) is 21.2. The molecule has 1 fully saturated rings. The highest BCUT2D eigenvalue weighted by molar-refractivity contribution is 7.92. The van der Waals surface area contributed by atoms with Crippen LogP contribution in [0.25, 0.3) is 0 Å². The third-order valence-corrected chi connectivity index (χ3v) is 8.42. The van der Waals surface area contributed by atoms with Crippen LogP contribution in [0.4, 0.5) is 5.69 Å². The van der Waals surface area contributed by atoms with Crippen molar-refractivity contribution in [3.63, 3.8) is 0 Å². The van der Waals surface area contributed by atoms with Crippen molar-refractivity contribution in [2.75, 3.05) is 17.8 Å². The molecule has 0 amide bonds. The summed E-state index contributed by atoms with van der Waals surface area (Å²) in [5, 5.41) is 4.16. The van der Waals surface area contributed by atoms with Crippen LogP contribution in [-0.2, 0) is 26.6 Å². The summed E-state index contributed by atoms with van der Waals surface area (Å²) in [6.07, 6.45) is 2.50. The van der Waals surface area contributed by atoms with E-state index in [1.165, 1.54) is 34.8 Å². The van der Waals surface area contributed by atoms with Crippen LogP contribution in [-0.4, -0.2) is 44.0 Å². The Kier molecular flexibility index (Phi) is 6.07. The van der Waals surface area contributed by atoms with Crippen LogP contribution in [0.15, 0.2) is 40.3 Å². The van der Waals surface area contributed by atoms with Gasteiger partial charge in [-0.2, -0.15) is 9.40 Å². The van der Waals surface area contributed by atoms with Gasteiger partial charge in [0.25, 0.3) is 10.0 Å². The first-order chi connectivity index (χ1) is 13.5. The SMILES string of the molecule is CCn1cc(S(=O)(=O)Nc2ccc(S(=O)(=O)N3CC(C)CC(C)C3)cc2)c(C)n1. The lowest BCUT2D eigenvalue weighted by Crippen LogP contribution is -2.42. The van der Waals surface area contributed by atoms with E-state index in [4.69, 9.17) is 0 Å². The maximum Gasteiger partial charge on any atom is 0.265 e. The molecule has 10 heteroatoms. The number of hydrogen-bond donors (Lipinski definition) is 1. The van der Waals surface area contributed by atoms with Gasteiger partial charge in [0.2, 0.25) is 10.0 Å². The number of rotatable bonds is 6. The van der Waals surface area contributed by atoms with Crippen molar-refractivity contribution in [1.82, 2.24) is 14.1 Å². The molecule has 0 saturated carbocycles. The summed E-state index contributed by atoms with van der Waals surface area (Å²) in [7, 11) is -7.41. The first kappa shape index (κ1) is 21.8. The number of anilines is 1. The summed E-state index contributed by atoms with van der Waals surface area (Å²) >= 11 is 0. The summed E-state index contributed by atoms with van der Waals surface area (Å²) in [4.78, 5) is 0.268. The number of benzene rings is 1. The second-order valence-electron chi connectivity index (χ2n) is 7.83. The van der Waals surface area contributed by atoms with Gasteiger partial charge in [0, 0.05) is 31.5 Å². The van der Waals surface area contributed by atoms with E-state index in [2.05, 4.69) is 23.7 Å². The molecule has 1 aromatic carbocycles. The lowest BCUT2D eigenvalue weighted by molar-refractivity contribution is 0.222. The van der Waals surface area contributed by atoms with Crippen LogP contribution in [0.2, 0.25) is 0 Å². The van der Waals surface area contributed by atoms with E-state index in [9.17, 15) is 16.8 Å². The van der Waals surface area contributed by atoms with Crippen molar-refractivity contribution < 1.29 is 16.8 Å². The Morgan fingerprint density at radius 3 is 2.17 bits per heavy atom. The topological polar surface area (TPSA) is 101 Å². The molecule has 2 aromatic rings. The molecule has 160 valence electrons. The minimum absolute atomic E-state index is 0.104. The number of piperidine rings is 1. The van der Waals surface area contributed by atoms with Crippen molar-refractivity contribution in [3.8, 4) is 0 Å². The number of aromatic nitrogens is 2. The lowest BCUT2D eigenvalue weighted by atomic mass is 9.94. The Balaban J connectivity index is 1.80. The zero-order valence-electron chi connectivity index (χ0n) is 17.2. The van der Waals surface area contributed by atoms with Crippen LogP contribution in [0.1, 0.15) is 32.9 Å². The highest BCUT2D eigenvalue weighted by atomic mass is 32.2. The largest absolute Gasteiger partial charge is 0.280 e. The molecule has 8 nitrogen and oxygen atoms in total. The number of sulfonamides is 2. The molecule has 0 aliphatic carbocycles. The smallest absolute Gasteiger partial charge is 0.265 e. The molecule has 1 aliphatic rings. The highest BCUT2D eigenvalue weighted by Gasteiger charge is 2.31. The number of nitrogens with zero attached hydrogens (tertiary/aromatic N) is 3. The molecular formula is C19H28N4O4S2. The highest BCUT2D eigenvalue weighted by Crippen LogP contribution is 2.27. The molecule has 2 atom stereocenters. The average molecular weight is 441 g/mol. The van der Waals surface area contributed by atoms with E-state index in [1.54, 1.807) is 11.6 Å². The molecule has 1 aromatic heterocycles. The van der Waals surface area contributed by atoms with Gasteiger partial charge in [-0.1, -0.05) is 13.8 Å². The summed E-state index contributed by atoms with van der Waals surface area (Å²) in [6, 6.07) is 5.83. The van der Waals surface area contributed by atoms with Crippen LogP contribution in [0.5, 0.6) is 0 Å². The van der Waals surface area contributed by atoms with Crippen LogP contribution in [0, 0.1) is 18.8 Å². The monoisotopic (exact) mass is 440 g/mol. The first-order valence-corrected chi connectivity index (χ1v) is 12.6. The quantitative estimate of drug-likeness (QED) is 0.744. The first-order valence-electron chi connectivity index (χ1n) is 9.70. The Morgan fingerprint density at radius 1 is 1.07 bits per heavy atom. The van der Waals surface area contributed by atoms with Gasteiger partial charge >= 0.3 is 0 Å². The van der Waals surface area contributed by atoms with Gasteiger partial charge in [-0.25, -0.2) is 16.8 Å². The van der Waals surface area contributed by atoms with Crippen LogP contribution < -0.4 is 4.72 Å². The van der Waals surface area contributed by atoms with Gasteiger partial charge < -0.3 is 0 Å². The van der Waals surface area contributed by atoms with Crippen molar-refractivity contribution in [3.05, 3.63) is 36.2 Å². The van der Waals surface area contributed by atoms with Crippen molar-refractivity contribution in [2.45, 2.75) is 50.5 Å². The summed E-state index contributed by atoms with van der Waals surface area (Å²) < 4.78 is 56.8. The fourth-order valence-corrected chi connectivity index (χ4v) is 6.71. The minimum Gasteiger partial charge on any atom is -0.280 e. The predicted molar refractivity (Wildman–Crippen MR) is 112 cm³/mol. The molecule has 2 unspecified atom stereocenters. The molecule has 1 aliphatic heterocycles. The third-order valence-electron chi connectivity index (χ3n) is 5.09. The minimum atomic E-state index is -3.81. The van der Waals surface area contributed by atoms with Gasteiger partial charge in [0.05, 0.1) is 10.6 Å². The molecule has 0 bridgehead atoms. The molecule has 0 spiro atoms. The molecule has 29 heavy (non-hydrogen) atoms. The Hall–Kier alpha value is -1.91. The number of aryl methyl sites for hydroxylation is 2. The zero-order chi connectivity index (χ0) is 21.4. The van der Waals surface area contributed by atoms with Crippen LogP contribution >= 0.6 is 0 Å². The fraction of sp³-hybridized carbons (Fsp3) is 0.526. The second kappa shape index (κ2) is 8.08. The summed E-state index contributed by atoms with van der Waals surface area (Å²) in [6.45, 7) is 9.19. The average Bonchev–Trinajstić information content (AvgIpc) is 3.03. The van der Waals surface area contributed by atoms with E-state index in [-0.39, 0.29) is 9.79 Å². The second-order valence-corrected chi connectivity index (χ2v) is 11.4. The zero-order valence-corrected chi connectivity index (χ0v) is 18.8. The van der Waals surface area contributed by atoms with Gasteiger partial charge in [-0.3, -0.25) is 9.40 Å². The van der Waals surface area contributed by atoms with E-state index in [1.807, 2.05) is 6.92 Å². The molecule has 0 radical (unpaired) electrons. The van der Waals surface area contributed by atoms with Crippen molar-refractivity contribution >= 4 is 25.7 Å². The van der Waals surface area contributed by atoms with Gasteiger partial charge in [-0.05, 0) is 56.4 Å². The predicted octanol–water partition coefficient (Wildman–Crippen LogP) is 2.68. The standard InChI is InChI=1S/C19H28N4O4S2/c1-5-22-13-19(16(4)20-22)28(24,25)21-17-6-8-18(9-7-17)29(26,27)23-11-14(2)10-15(3)12-23/h6-9,13-15,21H,5,10-12H2,1-4H3. The maximum absolute atomic E-state index is 13.0. The number of hydrogen-bond acceptors (Lipinski definition) is 5. The van der Waals surface area contributed by atoms with E-state index >= 15 is 0 Å². The molecule has 1 saturated heterocycles. The summed E-state index contributed by atoms with van der Waals surface area (Å²) in [5.41, 5.74) is 0.708. The van der Waals surface area contributed by atoms with Gasteiger partial charge in [0.15, 0.2) is 0 Å².